The van der Waals surface area contributed by atoms with Crippen molar-refractivity contribution in [2.45, 2.75) is 44.2 Å². The number of aliphatic hydroxyl groups is 1. The second-order valence-corrected chi connectivity index (χ2v) is 5.73. The van der Waals surface area contributed by atoms with E-state index in [-0.39, 0.29) is 11.9 Å². The molecule has 0 unspecified atom stereocenters. The first kappa shape index (κ1) is 13.8. The molecule has 0 radical (unpaired) electrons. The minimum atomic E-state index is -0.548. The summed E-state index contributed by atoms with van der Waals surface area (Å²) >= 11 is 0. The highest BCUT2D eigenvalue weighted by Crippen LogP contribution is 2.20. The van der Waals surface area contributed by atoms with Crippen molar-refractivity contribution < 1.29 is 14.6 Å². The number of nitrogens with zero attached hydrogens (tertiary/aromatic N) is 1. The van der Waals surface area contributed by atoms with Crippen LogP contribution in [0.25, 0.3) is 0 Å². The van der Waals surface area contributed by atoms with Crippen LogP contribution in [0.4, 0.5) is 0 Å². The zero-order valence-electron chi connectivity index (χ0n) is 11.2. The monoisotopic (exact) mass is 256 g/mol. The van der Waals surface area contributed by atoms with Crippen LogP contribution >= 0.6 is 0 Å². The van der Waals surface area contributed by atoms with E-state index >= 15 is 0 Å². The second kappa shape index (κ2) is 5.99. The Balaban J connectivity index is 1.68. The normalized spacial score (nSPS) is 25.9. The minimum Gasteiger partial charge on any atom is -0.390 e. The number of piperidine rings is 1. The number of ether oxygens (including phenoxy) is 1. The van der Waals surface area contributed by atoms with Gasteiger partial charge in [0.25, 0.3) is 0 Å². The summed E-state index contributed by atoms with van der Waals surface area (Å²) < 4.78 is 5.26. The van der Waals surface area contributed by atoms with Crippen LogP contribution in [0.3, 0.4) is 0 Å². The van der Waals surface area contributed by atoms with Crippen molar-refractivity contribution >= 4 is 5.91 Å². The summed E-state index contributed by atoms with van der Waals surface area (Å²) in [5, 5.41) is 12.9. The van der Waals surface area contributed by atoms with Gasteiger partial charge in [0, 0.05) is 32.3 Å². The summed E-state index contributed by atoms with van der Waals surface area (Å²) in [4.78, 5) is 14.0. The lowest BCUT2D eigenvalue weighted by atomic mass is 9.94. The van der Waals surface area contributed by atoms with E-state index in [0.717, 1.165) is 52.0 Å². The predicted octanol–water partition coefficient (Wildman–Crippen LogP) is 0.128. The summed E-state index contributed by atoms with van der Waals surface area (Å²) in [5.41, 5.74) is -0.548. The highest BCUT2D eigenvalue weighted by molar-refractivity contribution is 5.78. The molecule has 0 aromatic heterocycles. The third-order valence-electron chi connectivity index (χ3n) is 3.89. The van der Waals surface area contributed by atoms with Gasteiger partial charge in [0.1, 0.15) is 0 Å². The van der Waals surface area contributed by atoms with Crippen molar-refractivity contribution in [3.63, 3.8) is 0 Å². The number of hydrogen-bond donors (Lipinski definition) is 2. The molecule has 104 valence electrons. The van der Waals surface area contributed by atoms with E-state index in [2.05, 4.69) is 10.2 Å². The molecule has 2 N–H and O–H groups in total. The SMILES string of the molecule is CC1(O)CCN(CC(=O)NC2CCOCC2)CC1. The lowest BCUT2D eigenvalue weighted by Crippen LogP contribution is -2.48. The topological polar surface area (TPSA) is 61.8 Å². The van der Waals surface area contributed by atoms with Crippen LogP contribution in [-0.2, 0) is 9.53 Å². The summed E-state index contributed by atoms with van der Waals surface area (Å²) in [6, 6.07) is 0.277. The highest BCUT2D eigenvalue weighted by atomic mass is 16.5. The van der Waals surface area contributed by atoms with Gasteiger partial charge in [-0.05, 0) is 32.6 Å². The van der Waals surface area contributed by atoms with Crippen molar-refractivity contribution in [2.24, 2.45) is 0 Å². The van der Waals surface area contributed by atoms with Crippen molar-refractivity contribution in [1.29, 1.82) is 0 Å². The molecule has 0 aromatic rings. The number of carbonyl (C=O) groups excluding carboxylic acids is 1. The van der Waals surface area contributed by atoms with Gasteiger partial charge in [0.2, 0.25) is 5.91 Å². The van der Waals surface area contributed by atoms with Crippen molar-refractivity contribution in [3.05, 3.63) is 0 Å². The molecule has 2 aliphatic rings. The van der Waals surface area contributed by atoms with E-state index in [0.29, 0.717) is 6.54 Å². The maximum Gasteiger partial charge on any atom is 0.234 e. The molecule has 5 heteroatoms. The Hall–Kier alpha value is -0.650. The van der Waals surface area contributed by atoms with Gasteiger partial charge in [-0.2, -0.15) is 0 Å². The smallest absolute Gasteiger partial charge is 0.234 e. The van der Waals surface area contributed by atoms with Crippen molar-refractivity contribution in [2.75, 3.05) is 32.8 Å². The van der Waals surface area contributed by atoms with Gasteiger partial charge >= 0.3 is 0 Å². The zero-order chi connectivity index (χ0) is 13.0. The fraction of sp³-hybridized carbons (Fsp3) is 0.923. The van der Waals surface area contributed by atoms with Crippen LogP contribution in [-0.4, -0.2) is 60.4 Å². The van der Waals surface area contributed by atoms with Gasteiger partial charge in [-0.15, -0.1) is 0 Å². The van der Waals surface area contributed by atoms with E-state index in [1.165, 1.54) is 0 Å². The molecule has 1 amide bonds. The Morgan fingerprint density at radius 3 is 2.61 bits per heavy atom. The molecule has 0 aliphatic carbocycles. The molecule has 2 heterocycles. The molecule has 0 aromatic carbocycles. The first-order valence-corrected chi connectivity index (χ1v) is 6.87. The number of likely N-dealkylation sites (tertiary alicyclic amines) is 1. The first-order valence-electron chi connectivity index (χ1n) is 6.87. The van der Waals surface area contributed by atoms with Gasteiger partial charge in [-0.25, -0.2) is 0 Å². The van der Waals surface area contributed by atoms with E-state index < -0.39 is 5.60 Å². The molecule has 18 heavy (non-hydrogen) atoms. The molecule has 5 nitrogen and oxygen atoms in total. The number of hydrogen-bond acceptors (Lipinski definition) is 4. The largest absolute Gasteiger partial charge is 0.390 e. The van der Waals surface area contributed by atoms with E-state index in [9.17, 15) is 9.90 Å². The molecule has 2 rings (SSSR count). The summed E-state index contributed by atoms with van der Waals surface area (Å²) in [6.07, 6.45) is 3.33. The van der Waals surface area contributed by atoms with Gasteiger partial charge in [-0.1, -0.05) is 0 Å². The molecule has 0 atom stereocenters. The lowest BCUT2D eigenvalue weighted by molar-refractivity contribution is -0.124. The summed E-state index contributed by atoms with van der Waals surface area (Å²) in [6.45, 7) is 5.41. The average molecular weight is 256 g/mol. The standard InChI is InChI=1S/C13H24N2O3/c1-13(17)4-6-15(7-5-13)10-12(16)14-11-2-8-18-9-3-11/h11,17H,2-10H2,1H3,(H,14,16). The maximum atomic E-state index is 11.9. The molecule has 2 aliphatic heterocycles. The average Bonchev–Trinajstić information content (AvgIpc) is 2.33. The molecule has 2 fully saturated rings. The van der Waals surface area contributed by atoms with Crippen LogP contribution in [0.1, 0.15) is 32.6 Å². The van der Waals surface area contributed by atoms with Gasteiger partial charge in [0.05, 0.1) is 12.1 Å². The quantitative estimate of drug-likeness (QED) is 0.753. The van der Waals surface area contributed by atoms with Crippen molar-refractivity contribution in [3.8, 4) is 0 Å². The lowest BCUT2D eigenvalue weighted by Gasteiger charge is -2.35. The first-order chi connectivity index (χ1) is 8.55. The Labute approximate surface area is 108 Å². The third kappa shape index (κ3) is 4.23. The number of rotatable bonds is 3. The molecule has 0 bridgehead atoms. The van der Waals surface area contributed by atoms with Crippen molar-refractivity contribution in [1.82, 2.24) is 10.2 Å². The van der Waals surface area contributed by atoms with Crippen LogP contribution in [0.5, 0.6) is 0 Å². The van der Waals surface area contributed by atoms with Crippen LogP contribution < -0.4 is 5.32 Å². The fourth-order valence-corrected chi connectivity index (χ4v) is 2.51. The number of carbonyl (C=O) groups is 1. The van der Waals surface area contributed by atoms with Gasteiger partial charge < -0.3 is 15.2 Å². The maximum absolute atomic E-state index is 11.9. The summed E-state index contributed by atoms with van der Waals surface area (Å²) in [5.74, 6) is 0.100. The Morgan fingerprint density at radius 1 is 1.39 bits per heavy atom. The van der Waals surface area contributed by atoms with Crippen LogP contribution in [0, 0.1) is 0 Å². The Morgan fingerprint density at radius 2 is 2.00 bits per heavy atom. The highest BCUT2D eigenvalue weighted by Gasteiger charge is 2.28. The molecule has 0 saturated carbocycles. The van der Waals surface area contributed by atoms with Gasteiger partial charge in [-0.3, -0.25) is 9.69 Å². The number of nitrogens with one attached hydrogen (secondary N) is 1. The molecular weight excluding hydrogens is 232 g/mol. The van der Waals surface area contributed by atoms with E-state index in [4.69, 9.17) is 4.74 Å². The van der Waals surface area contributed by atoms with Crippen LogP contribution in [0.15, 0.2) is 0 Å². The molecule has 0 spiro atoms. The molecule has 2 saturated heterocycles. The zero-order valence-corrected chi connectivity index (χ0v) is 11.2. The second-order valence-electron chi connectivity index (χ2n) is 5.73. The number of amides is 1. The Kier molecular flexibility index (Phi) is 4.59. The van der Waals surface area contributed by atoms with E-state index in [1.54, 1.807) is 0 Å². The van der Waals surface area contributed by atoms with Gasteiger partial charge in [0.15, 0.2) is 0 Å². The van der Waals surface area contributed by atoms with Crippen LogP contribution in [0.2, 0.25) is 0 Å². The third-order valence-corrected chi connectivity index (χ3v) is 3.89. The minimum absolute atomic E-state index is 0.100. The fourth-order valence-electron chi connectivity index (χ4n) is 2.51. The van der Waals surface area contributed by atoms with E-state index in [1.807, 2.05) is 6.92 Å². The summed E-state index contributed by atoms with van der Waals surface area (Å²) in [7, 11) is 0. The molecular formula is C13H24N2O3. The predicted molar refractivity (Wildman–Crippen MR) is 68.3 cm³/mol. The Bertz CT molecular complexity index is 278.